The van der Waals surface area contributed by atoms with Crippen LogP contribution in [-0.4, -0.2) is 10.7 Å². The van der Waals surface area contributed by atoms with Crippen LogP contribution in [0.3, 0.4) is 0 Å². The van der Waals surface area contributed by atoms with Crippen molar-refractivity contribution >= 4 is 0 Å². The first-order chi connectivity index (χ1) is 7.25. The van der Waals surface area contributed by atoms with Crippen molar-refractivity contribution < 1.29 is 5.11 Å². The van der Waals surface area contributed by atoms with E-state index < -0.39 is 5.60 Å². The van der Waals surface area contributed by atoms with Gasteiger partial charge in [-0.15, -0.1) is 0 Å². The van der Waals surface area contributed by atoms with Crippen LogP contribution in [0.5, 0.6) is 0 Å². The van der Waals surface area contributed by atoms with Gasteiger partial charge in [0, 0.05) is 0 Å². The number of aliphatic hydroxyl groups is 1. The third-order valence-corrected chi connectivity index (χ3v) is 6.18. The van der Waals surface area contributed by atoms with Gasteiger partial charge in [-0.25, -0.2) is 0 Å². The molecule has 1 spiro atoms. The summed E-state index contributed by atoms with van der Waals surface area (Å²) in [6, 6.07) is 0. The van der Waals surface area contributed by atoms with Gasteiger partial charge >= 0.3 is 0 Å². The van der Waals surface area contributed by atoms with E-state index >= 15 is 0 Å². The van der Waals surface area contributed by atoms with Crippen LogP contribution in [0.15, 0.2) is 12.2 Å². The molecule has 16 heavy (non-hydrogen) atoms. The summed E-state index contributed by atoms with van der Waals surface area (Å²) in [5.74, 6) is 0.491. The molecule has 3 aliphatic carbocycles. The average Bonchev–Trinajstić information content (AvgIpc) is 2.89. The highest BCUT2D eigenvalue weighted by molar-refractivity contribution is 5.34. The van der Waals surface area contributed by atoms with E-state index in [0.717, 1.165) is 0 Å². The highest BCUT2D eigenvalue weighted by Gasteiger charge is 2.75. The summed E-state index contributed by atoms with van der Waals surface area (Å²) in [6.07, 6.45) is 9.59. The fraction of sp³-hybridized carbons (Fsp3) is 0.867. The fourth-order valence-electron chi connectivity index (χ4n) is 5.17. The molecule has 4 unspecified atom stereocenters. The summed E-state index contributed by atoms with van der Waals surface area (Å²) in [6.45, 7) is 9.24. The SMILES string of the molecule is CC1(O)C=CC2(C)CCCC(C)(C)C23CC13. The molecule has 0 aliphatic heterocycles. The maximum Gasteiger partial charge on any atom is 0.0833 e. The van der Waals surface area contributed by atoms with Crippen molar-refractivity contribution in [2.45, 2.75) is 59.0 Å². The molecule has 1 nitrogen and oxygen atoms in total. The Kier molecular flexibility index (Phi) is 1.75. The lowest BCUT2D eigenvalue weighted by Gasteiger charge is -2.55. The summed E-state index contributed by atoms with van der Waals surface area (Å²) < 4.78 is 0. The highest BCUT2D eigenvalue weighted by Crippen LogP contribution is 2.80. The van der Waals surface area contributed by atoms with Gasteiger partial charge in [-0.2, -0.15) is 0 Å². The molecule has 0 aromatic carbocycles. The zero-order valence-corrected chi connectivity index (χ0v) is 11.0. The Bertz CT molecular complexity index is 366. The Labute approximate surface area is 98.9 Å². The maximum absolute atomic E-state index is 10.5. The fourth-order valence-corrected chi connectivity index (χ4v) is 5.17. The standard InChI is InChI=1S/C15H24O/c1-12(2)6-5-7-13(3)8-9-14(4,16)11-10-15(11,12)13/h8-9,11,16H,5-7,10H2,1-4H3. The van der Waals surface area contributed by atoms with Gasteiger partial charge < -0.3 is 5.11 Å². The van der Waals surface area contributed by atoms with Gasteiger partial charge in [0.1, 0.15) is 0 Å². The molecular formula is C15H24O. The topological polar surface area (TPSA) is 20.2 Å². The minimum absolute atomic E-state index is 0.335. The number of hydrogen-bond donors (Lipinski definition) is 1. The zero-order valence-electron chi connectivity index (χ0n) is 11.0. The Morgan fingerprint density at radius 2 is 1.75 bits per heavy atom. The number of rotatable bonds is 0. The first kappa shape index (κ1) is 10.8. The van der Waals surface area contributed by atoms with Gasteiger partial charge in [-0.1, -0.05) is 39.3 Å². The van der Waals surface area contributed by atoms with E-state index in [9.17, 15) is 5.11 Å². The van der Waals surface area contributed by atoms with Crippen LogP contribution >= 0.6 is 0 Å². The first-order valence-electron chi connectivity index (χ1n) is 6.68. The van der Waals surface area contributed by atoms with E-state index in [0.29, 0.717) is 22.2 Å². The number of allylic oxidation sites excluding steroid dienone is 1. The van der Waals surface area contributed by atoms with Crippen LogP contribution in [0, 0.1) is 22.2 Å². The van der Waals surface area contributed by atoms with E-state index in [-0.39, 0.29) is 0 Å². The molecule has 0 amide bonds. The normalized spacial score (nSPS) is 57.7. The maximum atomic E-state index is 10.5. The van der Waals surface area contributed by atoms with Crippen LogP contribution in [-0.2, 0) is 0 Å². The third kappa shape index (κ3) is 0.971. The van der Waals surface area contributed by atoms with E-state index in [2.05, 4.69) is 32.9 Å². The monoisotopic (exact) mass is 220 g/mol. The second-order valence-electron chi connectivity index (χ2n) is 7.44. The lowest BCUT2D eigenvalue weighted by atomic mass is 9.50. The molecule has 0 saturated heterocycles. The molecule has 2 saturated carbocycles. The largest absolute Gasteiger partial charge is 0.386 e. The predicted molar refractivity (Wildman–Crippen MR) is 66.0 cm³/mol. The lowest BCUT2D eigenvalue weighted by Crippen LogP contribution is -2.49. The molecular weight excluding hydrogens is 196 g/mol. The smallest absolute Gasteiger partial charge is 0.0833 e. The summed E-state index contributed by atoms with van der Waals surface area (Å²) >= 11 is 0. The zero-order chi connectivity index (χ0) is 11.8. The van der Waals surface area contributed by atoms with E-state index in [4.69, 9.17) is 0 Å². The van der Waals surface area contributed by atoms with Crippen molar-refractivity contribution in [3.05, 3.63) is 12.2 Å². The molecule has 90 valence electrons. The van der Waals surface area contributed by atoms with Crippen LogP contribution in [0.1, 0.15) is 53.4 Å². The minimum Gasteiger partial charge on any atom is -0.386 e. The molecule has 3 rings (SSSR count). The Balaban J connectivity index is 2.13. The van der Waals surface area contributed by atoms with Gasteiger partial charge in [-0.05, 0) is 48.3 Å². The van der Waals surface area contributed by atoms with Crippen LogP contribution in [0.4, 0.5) is 0 Å². The molecule has 2 fully saturated rings. The first-order valence-corrected chi connectivity index (χ1v) is 6.68. The molecule has 0 radical (unpaired) electrons. The summed E-state index contributed by atoms with van der Waals surface area (Å²) in [5.41, 5.74) is 0.533. The Hall–Kier alpha value is -0.300. The molecule has 0 heterocycles. The van der Waals surface area contributed by atoms with Crippen molar-refractivity contribution in [2.24, 2.45) is 22.2 Å². The van der Waals surface area contributed by atoms with E-state index in [1.165, 1.54) is 25.7 Å². The summed E-state index contributed by atoms with van der Waals surface area (Å²) in [4.78, 5) is 0. The van der Waals surface area contributed by atoms with Crippen molar-refractivity contribution in [2.75, 3.05) is 0 Å². The van der Waals surface area contributed by atoms with Crippen molar-refractivity contribution in [3.63, 3.8) is 0 Å². The average molecular weight is 220 g/mol. The molecule has 1 heteroatoms. The Morgan fingerprint density at radius 1 is 1.06 bits per heavy atom. The lowest BCUT2D eigenvalue weighted by molar-refractivity contribution is -0.0523. The van der Waals surface area contributed by atoms with Crippen LogP contribution in [0.25, 0.3) is 0 Å². The summed E-state index contributed by atoms with van der Waals surface area (Å²) in [7, 11) is 0. The second kappa shape index (κ2) is 2.58. The van der Waals surface area contributed by atoms with Gasteiger partial charge in [0.05, 0.1) is 5.60 Å². The van der Waals surface area contributed by atoms with Crippen molar-refractivity contribution in [1.29, 1.82) is 0 Å². The van der Waals surface area contributed by atoms with Gasteiger partial charge in [0.25, 0.3) is 0 Å². The Morgan fingerprint density at radius 3 is 2.44 bits per heavy atom. The molecule has 0 bridgehead atoms. The van der Waals surface area contributed by atoms with Crippen molar-refractivity contribution in [3.8, 4) is 0 Å². The number of hydrogen-bond acceptors (Lipinski definition) is 1. The predicted octanol–water partition coefficient (Wildman–Crippen LogP) is 3.53. The molecule has 1 N–H and O–H groups in total. The molecule has 0 aromatic heterocycles. The quantitative estimate of drug-likeness (QED) is 0.619. The van der Waals surface area contributed by atoms with Gasteiger partial charge in [0.2, 0.25) is 0 Å². The minimum atomic E-state index is -0.561. The molecule has 4 atom stereocenters. The van der Waals surface area contributed by atoms with E-state index in [1.807, 2.05) is 6.92 Å². The summed E-state index contributed by atoms with van der Waals surface area (Å²) in [5, 5.41) is 10.5. The van der Waals surface area contributed by atoms with Gasteiger partial charge in [-0.3, -0.25) is 0 Å². The highest BCUT2D eigenvalue weighted by atomic mass is 16.3. The molecule has 0 aromatic rings. The van der Waals surface area contributed by atoms with Crippen molar-refractivity contribution in [1.82, 2.24) is 0 Å². The van der Waals surface area contributed by atoms with Crippen LogP contribution < -0.4 is 0 Å². The van der Waals surface area contributed by atoms with Gasteiger partial charge in [0.15, 0.2) is 0 Å². The van der Waals surface area contributed by atoms with E-state index in [1.54, 1.807) is 0 Å². The third-order valence-electron chi connectivity index (χ3n) is 6.18. The second-order valence-corrected chi connectivity index (χ2v) is 7.44. The van der Waals surface area contributed by atoms with Crippen LogP contribution in [0.2, 0.25) is 0 Å². The molecule has 3 aliphatic rings.